The summed E-state index contributed by atoms with van der Waals surface area (Å²) in [5.41, 5.74) is 0. The SMILES string of the molecule is CCOC(=O)CCCNS(=O)(=O)c1cc(C(=O)O)oc1Br. The normalized spacial score (nSPS) is 11.3. The van der Waals surface area contributed by atoms with E-state index in [4.69, 9.17) is 14.3 Å². The highest BCUT2D eigenvalue weighted by Crippen LogP contribution is 2.25. The molecular formula is C11H14BrNO7S. The van der Waals surface area contributed by atoms with Crippen molar-refractivity contribution in [2.75, 3.05) is 13.2 Å². The van der Waals surface area contributed by atoms with Gasteiger partial charge in [0.2, 0.25) is 15.8 Å². The molecule has 0 radical (unpaired) electrons. The first-order valence-corrected chi connectivity index (χ1v) is 8.23. The molecule has 2 N–H and O–H groups in total. The van der Waals surface area contributed by atoms with Gasteiger partial charge in [0.15, 0.2) is 4.67 Å². The average molecular weight is 384 g/mol. The van der Waals surface area contributed by atoms with E-state index in [-0.39, 0.29) is 35.6 Å². The van der Waals surface area contributed by atoms with E-state index in [2.05, 4.69) is 20.7 Å². The third-order valence-corrected chi connectivity index (χ3v) is 4.63. The monoisotopic (exact) mass is 383 g/mol. The van der Waals surface area contributed by atoms with Gasteiger partial charge in [0.25, 0.3) is 0 Å². The van der Waals surface area contributed by atoms with Crippen molar-refractivity contribution in [1.82, 2.24) is 4.72 Å². The molecule has 8 nitrogen and oxygen atoms in total. The number of sulfonamides is 1. The number of carboxylic acid groups (broad SMARTS) is 1. The fourth-order valence-corrected chi connectivity index (χ4v) is 3.40. The van der Waals surface area contributed by atoms with E-state index in [9.17, 15) is 18.0 Å². The third-order valence-electron chi connectivity index (χ3n) is 2.31. The van der Waals surface area contributed by atoms with Crippen LogP contribution in [0.2, 0.25) is 0 Å². The van der Waals surface area contributed by atoms with Crippen molar-refractivity contribution in [2.45, 2.75) is 24.7 Å². The number of nitrogens with one attached hydrogen (secondary N) is 1. The van der Waals surface area contributed by atoms with Crippen molar-refractivity contribution < 1.29 is 32.3 Å². The summed E-state index contributed by atoms with van der Waals surface area (Å²) in [6.45, 7) is 1.96. The summed E-state index contributed by atoms with van der Waals surface area (Å²) in [6, 6.07) is 0.903. The second kappa shape index (κ2) is 7.57. The molecule has 0 spiro atoms. The van der Waals surface area contributed by atoms with Crippen molar-refractivity contribution in [3.8, 4) is 0 Å². The number of esters is 1. The van der Waals surface area contributed by atoms with Gasteiger partial charge in [-0.15, -0.1) is 0 Å². The van der Waals surface area contributed by atoms with Crippen molar-refractivity contribution in [3.63, 3.8) is 0 Å². The van der Waals surface area contributed by atoms with E-state index in [0.717, 1.165) is 6.07 Å². The molecule has 0 aliphatic carbocycles. The zero-order chi connectivity index (χ0) is 16.0. The van der Waals surface area contributed by atoms with Crippen molar-refractivity contribution in [2.24, 2.45) is 0 Å². The molecule has 0 fully saturated rings. The maximum absolute atomic E-state index is 11.9. The van der Waals surface area contributed by atoms with Crippen LogP contribution in [-0.2, 0) is 19.6 Å². The molecule has 0 aliphatic heterocycles. The fraction of sp³-hybridized carbons (Fsp3) is 0.455. The summed E-state index contributed by atoms with van der Waals surface area (Å²) < 4.78 is 35.4. The number of carbonyl (C=O) groups excluding carboxylic acids is 1. The Kier molecular flexibility index (Phi) is 6.37. The van der Waals surface area contributed by atoms with Gasteiger partial charge in [-0.1, -0.05) is 0 Å². The smallest absolute Gasteiger partial charge is 0.371 e. The van der Waals surface area contributed by atoms with Crippen LogP contribution in [0.4, 0.5) is 0 Å². The van der Waals surface area contributed by atoms with Crippen LogP contribution < -0.4 is 4.72 Å². The maximum atomic E-state index is 11.9. The van der Waals surface area contributed by atoms with Gasteiger partial charge in [0.05, 0.1) is 6.61 Å². The topological polar surface area (TPSA) is 123 Å². The molecule has 0 bridgehead atoms. The van der Waals surface area contributed by atoms with Gasteiger partial charge in [-0.2, -0.15) is 0 Å². The molecule has 0 saturated carbocycles. The molecule has 21 heavy (non-hydrogen) atoms. The fourth-order valence-electron chi connectivity index (χ4n) is 1.39. The van der Waals surface area contributed by atoms with Gasteiger partial charge in [0.1, 0.15) is 4.90 Å². The molecule has 0 aliphatic rings. The third kappa shape index (κ3) is 5.14. The zero-order valence-corrected chi connectivity index (χ0v) is 13.5. The quantitative estimate of drug-likeness (QED) is 0.512. The van der Waals surface area contributed by atoms with Gasteiger partial charge >= 0.3 is 11.9 Å². The summed E-state index contributed by atoms with van der Waals surface area (Å²) >= 11 is 2.85. The van der Waals surface area contributed by atoms with Crippen LogP contribution in [0.5, 0.6) is 0 Å². The molecule has 1 rings (SSSR count). The Hall–Kier alpha value is -1.39. The van der Waals surface area contributed by atoms with Crippen molar-refractivity contribution >= 4 is 37.9 Å². The first-order chi connectivity index (χ1) is 9.77. The molecule has 118 valence electrons. The number of aromatic carboxylic acids is 1. The Balaban J connectivity index is 2.62. The average Bonchev–Trinajstić information content (AvgIpc) is 2.78. The van der Waals surface area contributed by atoms with Crippen LogP contribution in [0, 0.1) is 0 Å². The molecule has 10 heteroatoms. The van der Waals surface area contributed by atoms with Gasteiger partial charge in [-0.25, -0.2) is 17.9 Å². The molecule has 1 aromatic rings. The Morgan fingerprint density at radius 2 is 2.14 bits per heavy atom. The largest absolute Gasteiger partial charge is 0.475 e. The van der Waals surface area contributed by atoms with Gasteiger partial charge < -0.3 is 14.3 Å². The summed E-state index contributed by atoms with van der Waals surface area (Å²) in [7, 11) is -3.92. The second-order valence-corrected chi connectivity index (χ2v) is 6.32. The first kappa shape index (κ1) is 17.7. The standard InChI is InChI=1S/C11H14BrNO7S/c1-2-19-9(14)4-3-5-13-21(17,18)8-6-7(11(15)16)20-10(8)12/h6,13H,2-5H2,1H3,(H,15,16). The lowest BCUT2D eigenvalue weighted by Crippen LogP contribution is -2.25. The van der Waals surface area contributed by atoms with Gasteiger partial charge in [-0.3, -0.25) is 4.79 Å². The molecule has 0 atom stereocenters. The highest BCUT2D eigenvalue weighted by molar-refractivity contribution is 9.10. The molecule has 0 saturated heterocycles. The lowest BCUT2D eigenvalue weighted by molar-refractivity contribution is -0.143. The second-order valence-electron chi connectivity index (χ2n) is 3.86. The molecule has 0 unspecified atom stereocenters. The minimum Gasteiger partial charge on any atom is -0.475 e. The molecule has 1 heterocycles. The van der Waals surface area contributed by atoms with Crippen LogP contribution in [0.3, 0.4) is 0 Å². The number of rotatable bonds is 8. The highest BCUT2D eigenvalue weighted by Gasteiger charge is 2.24. The minimum absolute atomic E-state index is 0.0151. The Morgan fingerprint density at radius 3 is 2.67 bits per heavy atom. The number of carboxylic acids is 1. The number of furan rings is 1. The van der Waals surface area contributed by atoms with Gasteiger partial charge in [-0.05, 0) is 29.3 Å². The summed E-state index contributed by atoms with van der Waals surface area (Å²) in [4.78, 5) is 21.5. The van der Waals surface area contributed by atoms with E-state index >= 15 is 0 Å². The van der Waals surface area contributed by atoms with E-state index in [0.29, 0.717) is 0 Å². The van der Waals surface area contributed by atoms with E-state index in [1.807, 2.05) is 0 Å². The summed E-state index contributed by atoms with van der Waals surface area (Å²) in [5, 5.41) is 8.73. The molecular weight excluding hydrogens is 370 g/mol. The Labute approximate surface area is 129 Å². The van der Waals surface area contributed by atoms with Crippen LogP contribution >= 0.6 is 15.9 Å². The zero-order valence-electron chi connectivity index (χ0n) is 11.1. The highest BCUT2D eigenvalue weighted by atomic mass is 79.9. The summed E-state index contributed by atoms with van der Waals surface area (Å²) in [6.07, 6.45) is 0.350. The number of halogens is 1. The van der Waals surface area contributed by atoms with Crippen molar-refractivity contribution in [3.05, 3.63) is 16.5 Å². The van der Waals surface area contributed by atoms with Crippen LogP contribution in [0.15, 0.2) is 20.0 Å². The minimum atomic E-state index is -3.92. The van der Waals surface area contributed by atoms with E-state index in [1.54, 1.807) is 6.92 Å². The van der Waals surface area contributed by atoms with Crippen LogP contribution in [0.25, 0.3) is 0 Å². The van der Waals surface area contributed by atoms with Gasteiger partial charge in [0, 0.05) is 19.0 Å². The van der Waals surface area contributed by atoms with Crippen LogP contribution in [-0.4, -0.2) is 38.6 Å². The maximum Gasteiger partial charge on any atom is 0.371 e. The van der Waals surface area contributed by atoms with Crippen LogP contribution in [0.1, 0.15) is 30.3 Å². The number of hydrogen-bond donors (Lipinski definition) is 2. The number of carbonyl (C=O) groups is 2. The molecule has 0 amide bonds. The summed E-state index contributed by atoms with van der Waals surface area (Å²) in [5.74, 6) is -2.28. The Bertz CT molecular complexity index is 623. The Morgan fingerprint density at radius 1 is 1.48 bits per heavy atom. The van der Waals surface area contributed by atoms with Crippen molar-refractivity contribution in [1.29, 1.82) is 0 Å². The lowest BCUT2D eigenvalue weighted by Gasteiger charge is -2.05. The molecule has 1 aromatic heterocycles. The number of ether oxygens (including phenoxy) is 1. The van der Waals surface area contributed by atoms with E-state index < -0.39 is 27.7 Å². The number of hydrogen-bond acceptors (Lipinski definition) is 6. The first-order valence-electron chi connectivity index (χ1n) is 5.96. The lowest BCUT2D eigenvalue weighted by atomic mass is 10.3. The van der Waals surface area contributed by atoms with E-state index in [1.165, 1.54) is 0 Å². The molecule has 0 aromatic carbocycles. The predicted octanol–water partition coefficient (Wildman–Crippen LogP) is 1.36. The predicted molar refractivity (Wildman–Crippen MR) is 74.4 cm³/mol.